The summed E-state index contributed by atoms with van der Waals surface area (Å²) in [7, 11) is 2.18. The Morgan fingerprint density at radius 1 is 1.48 bits per heavy atom. The molecule has 0 aromatic carbocycles. The minimum atomic E-state index is 0.0570. The van der Waals surface area contributed by atoms with Crippen molar-refractivity contribution in [2.45, 2.75) is 45.7 Å². The maximum absolute atomic E-state index is 11.6. The second-order valence-corrected chi connectivity index (χ2v) is 6.47. The maximum Gasteiger partial charge on any atom is 0.225 e. The molecule has 1 aromatic rings. The highest BCUT2D eigenvalue weighted by Gasteiger charge is 2.19. The number of anilines is 1. The molecule has 0 aliphatic carbocycles. The Bertz CT molecular complexity index is 454. The van der Waals surface area contributed by atoms with Crippen molar-refractivity contribution in [1.29, 1.82) is 0 Å². The monoisotopic (exact) mass is 310 g/mol. The zero-order chi connectivity index (χ0) is 15.2. The minimum absolute atomic E-state index is 0.0570. The first kappa shape index (κ1) is 16.4. The predicted octanol–water partition coefficient (Wildman–Crippen LogP) is 2.09. The number of thiazole rings is 1. The van der Waals surface area contributed by atoms with Gasteiger partial charge in [0.25, 0.3) is 0 Å². The van der Waals surface area contributed by atoms with Gasteiger partial charge >= 0.3 is 0 Å². The van der Waals surface area contributed by atoms with Crippen LogP contribution in [-0.4, -0.2) is 48.5 Å². The van der Waals surface area contributed by atoms with Gasteiger partial charge in [-0.05, 0) is 46.3 Å². The Morgan fingerprint density at radius 2 is 2.29 bits per heavy atom. The highest BCUT2D eigenvalue weighted by atomic mass is 32.1. The lowest BCUT2D eigenvalue weighted by atomic mass is 10.1. The summed E-state index contributed by atoms with van der Waals surface area (Å²) >= 11 is 1.56. The Balaban J connectivity index is 1.96. The van der Waals surface area contributed by atoms with E-state index in [0.29, 0.717) is 12.6 Å². The van der Waals surface area contributed by atoms with Crippen LogP contribution in [0.3, 0.4) is 0 Å². The number of carbonyl (C=O) groups is 1. The highest BCUT2D eigenvalue weighted by molar-refractivity contribution is 7.14. The van der Waals surface area contributed by atoms with Gasteiger partial charge in [-0.2, -0.15) is 0 Å². The average Bonchev–Trinajstić information content (AvgIpc) is 2.74. The zero-order valence-corrected chi connectivity index (χ0v) is 14.1. The number of aromatic nitrogens is 1. The van der Waals surface area contributed by atoms with E-state index in [9.17, 15) is 4.79 Å². The summed E-state index contributed by atoms with van der Waals surface area (Å²) in [5.74, 6) is 0.0570. The van der Waals surface area contributed by atoms with Gasteiger partial charge in [-0.3, -0.25) is 14.6 Å². The molecule has 1 unspecified atom stereocenters. The molecule has 1 N–H and O–H groups in total. The van der Waals surface area contributed by atoms with Crippen LogP contribution >= 0.6 is 11.3 Å². The molecule has 0 saturated carbocycles. The first-order chi connectivity index (χ1) is 10.1. The summed E-state index contributed by atoms with van der Waals surface area (Å²) in [5, 5.41) is 6.34. The van der Waals surface area contributed by atoms with Gasteiger partial charge < -0.3 is 5.32 Å². The Kier molecular flexibility index (Phi) is 6.14. The zero-order valence-electron chi connectivity index (χ0n) is 13.3. The largest absolute Gasteiger partial charge is 0.317 e. The van der Waals surface area contributed by atoms with E-state index >= 15 is 0 Å². The molecule has 1 aliphatic heterocycles. The standard InChI is InChI=1S/C15H26N4OS/c1-4-19(12(2)20)15-17-13(11-21-15)10-18(3)14-6-5-8-16-9-7-14/h11,14,16H,4-10H2,1-3H3. The summed E-state index contributed by atoms with van der Waals surface area (Å²) in [4.78, 5) is 20.3. The molecule has 0 bridgehead atoms. The molecule has 1 atom stereocenters. The second kappa shape index (κ2) is 7.87. The molecule has 1 amide bonds. The van der Waals surface area contributed by atoms with Crippen molar-refractivity contribution in [2.75, 3.05) is 31.6 Å². The van der Waals surface area contributed by atoms with Crippen LogP contribution < -0.4 is 10.2 Å². The lowest BCUT2D eigenvalue weighted by Gasteiger charge is -2.26. The van der Waals surface area contributed by atoms with Crippen molar-refractivity contribution < 1.29 is 4.79 Å². The van der Waals surface area contributed by atoms with E-state index in [1.165, 1.54) is 19.3 Å². The topological polar surface area (TPSA) is 48.5 Å². The van der Waals surface area contributed by atoms with Crippen LogP contribution in [0.1, 0.15) is 38.8 Å². The van der Waals surface area contributed by atoms with E-state index in [1.54, 1.807) is 23.2 Å². The lowest BCUT2D eigenvalue weighted by Crippen LogP contribution is -2.32. The summed E-state index contributed by atoms with van der Waals surface area (Å²) in [5.41, 5.74) is 1.06. The summed E-state index contributed by atoms with van der Waals surface area (Å²) in [6, 6.07) is 0.625. The normalized spacial score (nSPS) is 19.5. The van der Waals surface area contributed by atoms with E-state index in [2.05, 4.69) is 27.6 Å². The predicted molar refractivity (Wildman–Crippen MR) is 87.8 cm³/mol. The van der Waals surface area contributed by atoms with E-state index in [1.807, 2.05) is 6.92 Å². The number of hydrogen-bond acceptors (Lipinski definition) is 5. The van der Waals surface area contributed by atoms with Gasteiger partial charge in [0.1, 0.15) is 0 Å². The molecule has 1 aliphatic rings. The van der Waals surface area contributed by atoms with E-state index in [0.717, 1.165) is 30.5 Å². The molecule has 0 radical (unpaired) electrons. The molecule has 5 nitrogen and oxygen atoms in total. The van der Waals surface area contributed by atoms with Crippen molar-refractivity contribution in [1.82, 2.24) is 15.2 Å². The van der Waals surface area contributed by atoms with Gasteiger partial charge in [-0.1, -0.05) is 0 Å². The Hall–Kier alpha value is -0.980. The van der Waals surface area contributed by atoms with Crippen molar-refractivity contribution in [3.05, 3.63) is 11.1 Å². The van der Waals surface area contributed by atoms with E-state index < -0.39 is 0 Å². The van der Waals surface area contributed by atoms with Crippen LogP contribution in [-0.2, 0) is 11.3 Å². The first-order valence-corrected chi connectivity index (χ1v) is 8.63. The molecule has 1 saturated heterocycles. The summed E-state index contributed by atoms with van der Waals surface area (Å²) < 4.78 is 0. The fourth-order valence-corrected chi connectivity index (χ4v) is 3.74. The third-order valence-electron chi connectivity index (χ3n) is 4.05. The molecule has 0 spiro atoms. The van der Waals surface area contributed by atoms with Gasteiger partial charge in [0, 0.05) is 31.4 Å². The molecule has 2 heterocycles. The van der Waals surface area contributed by atoms with Crippen LogP contribution in [0, 0.1) is 0 Å². The number of nitrogens with one attached hydrogen (secondary N) is 1. The maximum atomic E-state index is 11.6. The number of hydrogen-bond donors (Lipinski definition) is 1. The van der Waals surface area contributed by atoms with Crippen LogP contribution in [0.2, 0.25) is 0 Å². The van der Waals surface area contributed by atoms with Gasteiger partial charge in [0.2, 0.25) is 5.91 Å². The van der Waals surface area contributed by atoms with Crippen LogP contribution in [0.4, 0.5) is 5.13 Å². The summed E-state index contributed by atoms with van der Waals surface area (Å²) in [6.45, 7) is 7.34. The fraction of sp³-hybridized carbons (Fsp3) is 0.733. The molecular weight excluding hydrogens is 284 g/mol. The highest BCUT2D eigenvalue weighted by Crippen LogP contribution is 2.22. The number of amides is 1. The quantitative estimate of drug-likeness (QED) is 0.905. The molecule has 21 heavy (non-hydrogen) atoms. The minimum Gasteiger partial charge on any atom is -0.317 e. The van der Waals surface area contributed by atoms with Crippen LogP contribution in [0.15, 0.2) is 5.38 Å². The van der Waals surface area contributed by atoms with Crippen molar-refractivity contribution in [2.24, 2.45) is 0 Å². The SMILES string of the molecule is CCN(C(C)=O)c1nc(CN(C)C2CCCNCC2)cs1. The van der Waals surface area contributed by atoms with Crippen molar-refractivity contribution in [3.63, 3.8) is 0 Å². The molecule has 1 aromatic heterocycles. The van der Waals surface area contributed by atoms with Crippen LogP contribution in [0.5, 0.6) is 0 Å². The molecular formula is C15H26N4OS. The summed E-state index contributed by atoms with van der Waals surface area (Å²) in [6.07, 6.45) is 3.68. The smallest absolute Gasteiger partial charge is 0.225 e. The third-order valence-corrected chi connectivity index (χ3v) is 4.96. The average molecular weight is 310 g/mol. The van der Waals surface area contributed by atoms with Crippen molar-refractivity contribution >= 4 is 22.4 Å². The first-order valence-electron chi connectivity index (χ1n) is 7.75. The molecule has 118 valence electrons. The third kappa shape index (κ3) is 4.49. The number of carbonyl (C=O) groups excluding carboxylic acids is 1. The van der Waals surface area contributed by atoms with Gasteiger partial charge in [0.05, 0.1) is 5.69 Å². The number of rotatable bonds is 5. The van der Waals surface area contributed by atoms with Gasteiger partial charge in [-0.15, -0.1) is 11.3 Å². The fourth-order valence-electron chi connectivity index (χ4n) is 2.81. The van der Waals surface area contributed by atoms with E-state index in [-0.39, 0.29) is 5.91 Å². The molecule has 6 heteroatoms. The van der Waals surface area contributed by atoms with Crippen molar-refractivity contribution in [3.8, 4) is 0 Å². The molecule has 1 fully saturated rings. The second-order valence-electron chi connectivity index (χ2n) is 5.63. The lowest BCUT2D eigenvalue weighted by molar-refractivity contribution is -0.116. The van der Waals surface area contributed by atoms with Gasteiger partial charge in [-0.25, -0.2) is 4.98 Å². The van der Waals surface area contributed by atoms with E-state index in [4.69, 9.17) is 0 Å². The van der Waals surface area contributed by atoms with Gasteiger partial charge in [0.15, 0.2) is 5.13 Å². The van der Waals surface area contributed by atoms with Crippen LogP contribution in [0.25, 0.3) is 0 Å². The Labute approximate surface area is 131 Å². The Morgan fingerprint density at radius 3 is 3.00 bits per heavy atom. The number of nitrogens with zero attached hydrogens (tertiary/aromatic N) is 3. The molecule has 2 rings (SSSR count).